The van der Waals surface area contributed by atoms with Gasteiger partial charge in [0.05, 0.1) is 0 Å². The predicted octanol–water partition coefficient (Wildman–Crippen LogP) is 2.78. The Morgan fingerprint density at radius 3 is 2.53 bits per heavy atom. The highest BCUT2D eigenvalue weighted by molar-refractivity contribution is 5.39. The lowest BCUT2D eigenvalue weighted by Gasteiger charge is -2.13. The van der Waals surface area contributed by atoms with E-state index in [-0.39, 0.29) is 17.2 Å². The van der Waals surface area contributed by atoms with Gasteiger partial charge in [-0.25, -0.2) is 8.78 Å². The number of benzene rings is 1. The Labute approximate surface area is 87.7 Å². The van der Waals surface area contributed by atoms with Crippen LogP contribution in [0.4, 0.5) is 8.78 Å². The molecule has 0 aliphatic carbocycles. The molecule has 1 aromatic rings. The van der Waals surface area contributed by atoms with Crippen LogP contribution in [0.1, 0.15) is 36.8 Å². The lowest BCUT2D eigenvalue weighted by Crippen LogP contribution is -2.04. The van der Waals surface area contributed by atoms with Crippen LogP contribution in [0.25, 0.3) is 0 Å². The zero-order valence-corrected chi connectivity index (χ0v) is 8.58. The molecular weight excluding hydrogens is 200 g/mol. The van der Waals surface area contributed by atoms with Crippen molar-refractivity contribution in [2.75, 3.05) is 6.54 Å². The molecule has 0 saturated heterocycles. The van der Waals surface area contributed by atoms with Crippen LogP contribution in [0.5, 0.6) is 5.75 Å². The molecule has 2 nitrogen and oxygen atoms in total. The van der Waals surface area contributed by atoms with E-state index in [2.05, 4.69) is 0 Å². The minimum Gasteiger partial charge on any atom is -0.508 e. The number of phenolic OH excluding ortho intramolecular Hbond substituents is 1. The molecule has 0 aromatic heterocycles. The van der Waals surface area contributed by atoms with Crippen molar-refractivity contribution in [1.82, 2.24) is 0 Å². The van der Waals surface area contributed by atoms with E-state index in [1.807, 2.05) is 6.92 Å². The molecular formula is C11H15F2NO. The number of aromatic hydroxyl groups is 1. The van der Waals surface area contributed by atoms with Crippen molar-refractivity contribution in [2.24, 2.45) is 5.73 Å². The summed E-state index contributed by atoms with van der Waals surface area (Å²) in [4.78, 5) is 0. The third-order valence-electron chi connectivity index (χ3n) is 2.44. The monoisotopic (exact) mass is 215 g/mol. The third-order valence-corrected chi connectivity index (χ3v) is 2.44. The fourth-order valence-corrected chi connectivity index (χ4v) is 1.52. The lowest BCUT2D eigenvalue weighted by atomic mass is 9.96. The smallest absolute Gasteiger partial charge is 0.263 e. The molecule has 15 heavy (non-hydrogen) atoms. The van der Waals surface area contributed by atoms with Gasteiger partial charge in [-0.15, -0.1) is 0 Å². The Morgan fingerprint density at radius 2 is 2.07 bits per heavy atom. The fourth-order valence-electron chi connectivity index (χ4n) is 1.52. The largest absolute Gasteiger partial charge is 0.508 e. The van der Waals surface area contributed by atoms with Crippen LogP contribution in [0.15, 0.2) is 18.2 Å². The molecule has 0 saturated carbocycles. The van der Waals surface area contributed by atoms with Gasteiger partial charge < -0.3 is 10.8 Å². The first-order valence-electron chi connectivity index (χ1n) is 4.87. The summed E-state index contributed by atoms with van der Waals surface area (Å²) in [6.07, 6.45) is -1.82. The second kappa shape index (κ2) is 5.07. The molecule has 0 aliphatic rings. The van der Waals surface area contributed by atoms with Crippen LogP contribution in [0.3, 0.4) is 0 Å². The van der Waals surface area contributed by atoms with E-state index in [0.29, 0.717) is 12.1 Å². The molecule has 4 heteroatoms. The molecule has 0 spiro atoms. The second-order valence-corrected chi connectivity index (χ2v) is 3.60. The number of nitrogens with two attached hydrogens (primary N) is 1. The van der Waals surface area contributed by atoms with Crippen molar-refractivity contribution < 1.29 is 13.9 Å². The summed E-state index contributed by atoms with van der Waals surface area (Å²) in [5, 5.41) is 9.56. The molecule has 84 valence electrons. The fraction of sp³-hybridized carbons (Fsp3) is 0.455. The number of alkyl halides is 2. The maximum atomic E-state index is 12.3. The molecule has 0 aliphatic heterocycles. The molecule has 0 heterocycles. The normalized spacial score (nSPS) is 13.1. The van der Waals surface area contributed by atoms with Gasteiger partial charge in [0.15, 0.2) is 0 Å². The first kappa shape index (κ1) is 11.9. The Kier molecular flexibility index (Phi) is 4.03. The minimum absolute atomic E-state index is 0.0752. The van der Waals surface area contributed by atoms with Crippen molar-refractivity contribution in [2.45, 2.75) is 25.7 Å². The van der Waals surface area contributed by atoms with Gasteiger partial charge in [-0.05, 0) is 30.5 Å². The third kappa shape index (κ3) is 2.89. The topological polar surface area (TPSA) is 46.2 Å². The van der Waals surface area contributed by atoms with Crippen LogP contribution in [-0.2, 0) is 0 Å². The van der Waals surface area contributed by atoms with Gasteiger partial charge >= 0.3 is 0 Å². The number of hydrogen-bond donors (Lipinski definition) is 2. The molecule has 0 fully saturated rings. The van der Waals surface area contributed by atoms with Crippen molar-refractivity contribution >= 4 is 0 Å². The highest BCUT2D eigenvalue weighted by Gasteiger charge is 2.13. The molecule has 1 unspecified atom stereocenters. The zero-order valence-electron chi connectivity index (χ0n) is 8.58. The summed E-state index contributed by atoms with van der Waals surface area (Å²) in [5.74, 6) is 0.00970. The summed E-state index contributed by atoms with van der Waals surface area (Å²) >= 11 is 0. The number of halogens is 2. The molecule has 0 bridgehead atoms. The molecule has 1 rings (SSSR count). The quantitative estimate of drug-likeness (QED) is 0.811. The van der Waals surface area contributed by atoms with E-state index in [1.165, 1.54) is 12.1 Å². The minimum atomic E-state index is -2.55. The summed E-state index contributed by atoms with van der Waals surface area (Å²) in [6.45, 7) is 2.42. The molecule has 1 aromatic carbocycles. The van der Waals surface area contributed by atoms with E-state index >= 15 is 0 Å². The van der Waals surface area contributed by atoms with E-state index in [0.717, 1.165) is 12.5 Å². The average Bonchev–Trinajstić information content (AvgIpc) is 2.17. The number of rotatable bonds is 4. The lowest BCUT2D eigenvalue weighted by molar-refractivity contribution is 0.151. The van der Waals surface area contributed by atoms with Crippen molar-refractivity contribution in [3.05, 3.63) is 29.3 Å². The second-order valence-electron chi connectivity index (χ2n) is 3.60. The predicted molar refractivity (Wildman–Crippen MR) is 55.2 cm³/mol. The maximum absolute atomic E-state index is 12.3. The van der Waals surface area contributed by atoms with E-state index in [1.54, 1.807) is 0 Å². The molecule has 3 N–H and O–H groups in total. The summed E-state index contributed by atoms with van der Waals surface area (Å²) in [5.41, 5.74) is 5.91. The zero-order chi connectivity index (χ0) is 11.4. The van der Waals surface area contributed by atoms with Gasteiger partial charge in [0.25, 0.3) is 6.43 Å². The molecule has 0 amide bonds. The average molecular weight is 215 g/mol. The van der Waals surface area contributed by atoms with Crippen molar-refractivity contribution in [3.63, 3.8) is 0 Å². The van der Waals surface area contributed by atoms with Crippen molar-refractivity contribution in [1.29, 1.82) is 0 Å². The van der Waals surface area contributed by atoms with Crippen LogP contribution in [0.2, 0.25) is 0 Å². The molecule has 1 atom stereocenters. The van der Waals surface area contributed by atoms with E-state index in [9.17, 15) is 13.9 Å². The number of hydrogen-bond acceptors (Lipinski definition) is 2. The standard InChI is InChI=1S/C11H15F2NO/c1-7(4-5-14)9-3-2-8(11(12)13)6-10(9)15/h2-3,6-7,11,15H,4-5,14H2,1H3. The maximum Gasteiger partial charge on any atom is 0.263 e. The van der Waals surface area contributed by atoms with Gasteiger partial charge in [0.2, 0.25) is 0 Å². The van der Waals surface area contributed by atoms with Crippen LogP contribution < -0.4 is 5.73 Å². The highest BCUT2D eigenvalue weighted by Crippen LogP contribution is 2.31. The van der Waals surface area contributed by atoms with Crippen LogP contribution in [0, 0.1) is 0 Å². The van der Waals surface area contributed by atoms with Crippen molar-refractivity contribution in [3.8, 4) is 5.75 Å². The summed E-state index contributed by atoms with van der Waals surface area (Å²) in [6, 6.07) is 4.00. The highest BCUT2D eigenvalue weighted by atomic mass is 19.3. The summed E-state index contributed by atoms with van der Waals surface area (Å²) in [7, 11) is 0. The van der Waals surface area contributed by atoms with Gasteiger partial charge in [0.1, 0.15) is 5.75 Å². The van der Waals surface area contributed by atoms with Crippen LogP contribution >= 0.6 is 0 Å². The number of phenols is 1. The first-order chi connectivity index (χ1) is 7.06. The van der Waals surface area contributed by atoms with Gasteiger partial charge in [-0.1, -0.05) is 19.1 Å². The Hall–Kier alpha value is -1.16. The Morgan fingerprint density at radius 1 is 1.40 bits per heavy atom. The Bertz CT molecular complexity index is 328. The Balaban J connectivity index is 2.92. The first-order valence-corrected chi connectivity index (χ1v) is 4.87. The van der Waals surface area contributed by atoms with E-state index < -0.39 is 6.43 Å². The van der Waals surface area contributed by atoms with E-state index in [4.69, 9.17) is 5.73 Å². The van der Waals surface area contributed by atoms with Crippen LogP contribution in [-0.4, -0.2) is 11.7 Å². The van der Waals surface area contributed by atoms with Gasteiger partial charge in [-0.3, -0.25) is 0 Å². The SMILES string of the molecule is CC(CCN)c1ccc(C(F)F)cc1O. The molecule has 0 radical (unpaired) electrons. The van der Waals surface area contributed by atoms with Gasteiger partial charge in [-0.2, -0.15) is 0 Å². The summed E-state index contributed by atoms with van der Waals surface area (Å²) < 4.78 is 24.6. The van der Waals surface area contributed by atoms with Gasteiger partial charge in [0, 0.05) is 5.56 Å².